The lowest BCUT2D eigenvalue weighted by atomic mass is 10.1. The van der Waals surface area contributed by atoms with E-state index in [1.54, 1.807) is 7.11 Å². The highest BCUT2D eigenvalue weighted by molar-refractivity contribution is 6.30. The van der Waals surface area contributed by atoms with Crippen molar-refractivity contribution in [2.24, 2.45) is 0 Å². The van der Waals surface area contributed by atoms with E-state index >= 15 is 0 Å². The number of hydrogen-bond acceptors (Lipinski definition) is 4. The fourth-order valence-corrected chi connectivity index (χ4v) is 2.18. The number of rotatable bonds is 4. The average Bonchev–Trinajstić information content (AvgIpc) is 2.94. The molecule has 0 amide bonds. The molecule has 0 radical (unpaired) electrons. The molecular weight excluding hydrogens is 278 g/mol. The Morgan fingerprint density at radius 1 is 1.20 bits per heavy atom. The maximum Gasteiger partial charge on any atom is 0.231 e. The summed E-state index contributed by atoms with van der Waals surface area (Å²) < 4.78 is 16.1. The minimum atomic E-state index is 0.236. The minimum Gasteiger partial charge on any atom is -0.493 e. The van der Waals surface area contributed by atoms with Crippen molar-refractivity contribution in [2.45, 2.75) is 6.54 Å². The van der Waals surface area contributed by atoms with E-state index in [0.717, 1.165) is 22.0 Å². The van der Waals surface area contributed by atoms with Crippen LogP contribution in [0.3, 0.4) is 0 Å². The standard InChI is InChI=1S/C15H14ClNO3/c1-18-13-6-10(7-14-15(13)20-9-19-14)8-17-12-4-2-11(16)3-5-12/h2-7,17H,8-9H2,1H3. The van der Waals surface area contributed by atoms with Gasteiger partial charge in [-0.15, -0.1) is 0 Å². The highest BCUT2D eigenvalue weighted by Gasteiger charge is 2.19. The fourth-order valence-electron chi connectivity index (χ4n) is 2.06. The number of benzene rings is 2. The SMILES string of the molecule is COc1cc(CNc2ccc(Cl)cc2)cc2c1OCO2. The number of halogens is 1. The number of hydrogen-bond donors (Lipinski definition) is 1. The van der Waals surface area contributed by atoms with Crippen LogP contribution in [0.4, 0.5) is 5.69 Å². The van der Waals surface area contributed by atoms with Gasteiger partial charge in [0, 0.05) is 17.3 Å². The van der Waals surface area contributed by atoms with Crippen molar-refractivity contribution in [3.8, 4) is 17.2 Å². The summed E-state index contributed by atoms with van der Waals surface area (Å²) in [6, 6.07) is 11.5. The van der Waals surface area contributed by atoms with Gasteiger partial charge in [-0.25, -0.2) is 0 Å². The minimum absolute atomic E-state index is 0.236. The third-order valence-corrected chi connectivity index (χ3v) is 3.31. The zero-order chi connectivity index (χ0) is 13.9. The summed E-state index contributed by atoms with van der Waals surface area (Å²) in [5, 5.41) is 4.04. The van der Waals surface area contributed by atoms with Crippen LogP contribution >= 0.6 is 11.6 Å². The zero-order valence-corrected chi connectivity index (χ0v) is 11.7. The van der Waals surface area contributed by atoms with E-state index in [1.165, 1.54) is 0 Å². The van der Waals surface area contributed by atoms with Crippen LogP contribution in [-0.2, 0) is 6.54 Å². The molecule has 3 rings (SSSR count). The van der Waals surface area contributed by atoms with Crippen LogP contribution in [0.2, 0.25) is 5.02 Å². The van der Waals surface area contributed by atoms with Gasteiger partial charge >= 0.3 is 0 Å². The molecule has 5 heteroatoms. The fraction of sp³-hybridized carbons (Fsp3) is 0.200. The molecule has 0 saturated carbocycles. The molecule has 0 spiro atoms. The molecule has 20 heavy (non-hydrogen) atoms. The molecule has 1 aliphatic rings. The molecule has 0 aliphatic carbocycles. The lowest BCUT2D eigenvalue weighted by molar-refractivity contribution is 0.171. The normalized spacial score (nSPS) is 12.3. The Balaban J connectivity index is 1.76. The molecule has 2 aromatic carbocycles. The van der Waals surface area contributed by atoms with Gasteiger partial charge in [0.05, 0.1) is 7.11 Å². The summed E-state index contributed by atoms with van der Waals surface area (Å²) in [7, 11) is 1.62. The van der Waals surface area contributed by atoms with E-state index in [9.17, 15) is 0 Å². The van der Waals surface area contributed by atoms with Crippen molar-refractivity contribution < 1.29 is 14.2 Å². The van der Waals surface area contributed by atoms with Crippen molar-refractivity contribution >= 4 is 17.3 Å². The highest BCUT2D eigenvalue weighted by atomic mass is 35.5. The Labute approximate surface area is 122 Å². The van der Waals surface area contributed by atoms with E-state index in [0.29, 0.717) is 18.0 Å². The smallest absolute Gasteiger partial charge is 0.231 e. The van der Waals surface area contributed by atoms with E-state index in [2.05, 4.69) is 5.32 Å². The second-order valence-electron chi connectivity index (χ2n) is 4.39. The van der Waals surface area contributed by atoms with Crippen molar-refractivity contribution in [2.75, 3.05) is 19.2 Å². The van der Waals surface area contributed by atoms with Gasteiger partial charge in [-0.1, -0.05) is 11.6 Å². The topological polar surface area (TPSA) is 39.7 Å². The van der Waals surface area contributed by atoms with Gasteiger partial charge in [-0.05, 0) is 42.0 Å². The predicted molar refractivity (Wildman–Crippen MR) is 77.9 cm³/mol. The second-order valence-corrected chi connectivity index (χ2v) is 4.83. The van der Waals surface area contributed by atoms with Gasteiger partial charge in [-0.2, -0.15) is 0 Å². The first-order chi connectivity index (χ1) is 9.76. The average molecular weight is 292 g/mol. The van der Waals surface area contributed by atoms with Crippen molar-refractivity contribution in [3.05, 3.63) is 47.0 Å². The molecule has 2 aromatic rings. The molecule has 4 nitrogen and oxygen atoms in total. The Hall–Kier alpha value is -2.07. The molecular formula is C15H14ClNO3. The van der Waals surface area contributed by atoms with Crippen LogP contribution in [0, 0.1) is 0 Å². The van der Waals surface area contributed by atoms with Crippen LogP contribution < -0.4 is 19.5 Å². The molecule has 0 atom stereocenters. The van der Waals surface area contributed by atoms with Crippen LogP contribution in [0.1, 0.15) is 5.56 Å². The van der Waals surface area contributed by atoms with Gasteiger partial charge in [0.2, 0.25) is 12.5 Å². The van der Waals surface area contributed by atoms with Crippen LogP contribution in [0.15, 0.2) is 36.4 Å². The lowest BCUT2D eigenvalue weighted by Gasteiger charge is -2.10. The van der Waals surface area contributed by atoms with E-state index in [-0.39, 0.29) is 6.79 Å². The predicted octanol–water partition coefficient (Wildman–Crippen LogP) is 3.69. The molecule has 0 aromatic heterocycles. The van der Waals surface area contributed by atoms with Gasteiger partial charge < -0.3 is 19.5 Å². The zero-order valence-electron chi connectivity index (χ0n) is 11.0. The van der Waals surface area contributed by atoms with E-state index in [4.69, 9.17) is 25.8 Å². The molecule has 1 heterocycles. The first kappa shape index (κ1) is 12.9. The quantitative estimate of drug-likeness (QED) is 0.932. The molecule has 0 bridgehead atoms. The van der Waals surface area contributed by atoms with Gasteiger partial charge in [0.1, 0.15) is 0 Å². The van der Waals surface area contributed by atoms with Crippen LogP contribution in [0.5, 0.6) is 17.2 Å². The maximum atomic E-state index is 5.86. The summed E-state index contributed by atoms with van der Waals surface area (Å²) in [4.78, 5) is 0. The van der Waals surface area contributed by atoms with Crippen molar-refractivity contribution in [3.63, 3.8) is 0 Å². The lowest BCUT2D eigenvalue weighted by Crippen LogP contribution is -2.00. The Kier molecular flexibility index (Phi) is 3.56. The third kappa shape index (κ3) is 2.60. The van der Waals surface area contributed by atoms with Crippen LogP contribution in [-0.4, -0.2) is 13.9 Å². The first-order valence-electron chi connectivity index (χ1n) is 6.22. The Bertz CT molecular complexity index is 613. The maximum absolute atomic E-state index is 5.86. The third-order valence-electron chi connectivity index (χ3n) is 3.06. The number of methoxy groups -OCH3 is 1. The van der Waals surface area contributed by atoms with E-state index in [1.807, 2.05) is 36.4 Å². The van der Waals surface area contributed by atoms with Gasteiger partial charge in [-0.3, -0.25) is 0 Å². The van der Waals surface area contributed by atoms with Crippen LogP contribution in [0.25, 0.3) is 0 Å². The molecule has 0 saturated heterocycles. The number of ether oxygens (including phenoxy) is 3. The highest BCUT2D eigenvalue weighted by Crippen LogP contribution is 2.41. The Morgan fingerprint density at radius 2 is 2.00 bits per heavy atom. The molecule has 104 valence electrons. The summed E-state index contributed by atoms with van der Waals surface area (Å²) >= 11 is 5.86. The largest absolute Gasteiger partial charge is 0.493 e. The number of fused-ring (bicyclic) bond motifs is 1. The van der Waals surface area contributed by atoms with Gasteiger partial charge in [0.25, 0.3) is 0 Å². The summed E-state index contributed by atoms with van der Waals surface area (Å²) in [5.41, 5.74) is 2.06. The monoisotopic (exact) mass is 291 g/mol. The summed E-state index contributed by atoms with van der Waals surface area (Å²) in [6.45, 7) is 0.897. The molecule has 0 unspecified atom stereocenters. The van der Waals surface area contributed by atoms with Crippen molar-refractivity contribution in [1.82, 2.24) is 0 Å². The Morgan fingerprint density at radius 3 is 2.75 bits per heavy atom. The first-order valence-corrected chi connectivity index (χ1v) is 6.60. The second kappa shape index (κ2) is 5.51. The summed E-state index contributed by atoms with van der Waals surface area (Å²) in [6.07, 6.45) is 0. The van der Waals surface area contributed by atoms with E-state index < -0.39 is 0 Å². The summed E-state index contributed by atoms with van der Waals surface area (Å²) in [5.74, 6) is 2.08. The molecule has 1 N–H and O–H groups in total. The van der Waals surface area contributed by atoms with Crippen molar-refractivity contribution in [1.29, 1.82) is 0 Å². The number of anilines is 1. The van der Waals surface area contributed by atoms with Gasteiger partial charge in [0.15, 0.2) is 11.5 Å². The molecule has 1 aliphatic heterocycles. The number of nitrogens with one attached hydrogen (secondary N) is 1. The molecule has 0 fully saturated rings.